The van der Waals surface area contributed by atoms with Gasteiger partial charge in [-0.25, -0.2) is 0 Å². The van der Waals surface area contributed by atoms with E-state index in [2.05, 4.69) is 15.6 Å². The number of nitrogens with zero attached hydrogens (tertiary/aromatic N) is 2. The SMILES string of the molecule is CC(NC(=O)CCNc1ccc(C(F)(F)F)cc1[N+](=O)[O-])c1ccncc1. The minimum Gasteiger partial charge on any atom is -0.379 e. The second-order valence-electron chi connectivity index (χ2n) is 5.73. The minimum absolute atomic E-state index is 0.00635. The summed E-state index contributed by atoms with van der Waals surface area (Å²) < 4.78 is 38.0. The fourth-order valence-corrected chi connectivity index (χ4v) is 2.37. The predicted molar refractivity (Wildman–Crippen MR) is 92.0 cm³/mol. The summed E-state index contributed by atoms with van der Waals surface area (Å²) in [6.07, 6.45) is -1.48. The number of pyridine rings is 1. The van der Waals surface area contributed by atoms with E-state index in [9.17, 15) is 28.1 Å². The number of hydrogen-bond donors (Lipinski definition) is 2. The van der Waals surface area contributed by atoms with Crippen molar-refractivity contribution in [3.05, 3.63) is 64.0 Å². The second-order valence-corrected chi connectivity index (χ2v) is 5.73. The number of anilines is 1. The number of nitrogens with one attached hydrogen (secondary N) is 2. The molecule has 0 aliphatic rings. The molecule has 1 aromatic carbocycles. The monoisotopic (exact) mass is 382 g/mol. The summed E-state index contributed by atoms with van der Waals surface area (Å²) in [5.74, 6) is -0.304. The van der Waals surface area contributed by atoms with Crippen LogP contribution in [0, 0.1) is 10.1 Å². The average Bonchev–Trinajstić information content (AvgIpc) is 2.61. The first-order chi connectivity index (χ1) is 12.7. The molecule has 0 fully saturated rings. The summed E-state index contributed by atoms with van der Waals surface area (Å²) >= 11 is 0. The van der Waals surface area contributed by atoms with Crippen LogP contribution in [0.25, 0.3) is 0 Å². The Bertz CT molecular complexity index is 813. The Balaban J connectivity index is 1.94. The predicted octanol–water partition coefficient (Wildman–Crippen LogP) is 3.69. The highest BCUT2D eigenvalue weighted by Crippen LogP contribution is 2.34. The van der Waals surface area contributed by atoms with Gasteiger partial charge in [0.2, 0.25) is 5.91 Å². The van der Waals surface area contributed by atoms with Crippen LogP contribution in [0.2, 0.25) is 0 Å². The van der Waals surface area contributed by atoms with Crippen LogP contribution in [0.3, 0.4) is 0 Å². The fourth-order valence-electron chi connectivity index (χ4n) is 2.37. The first-order valence-electron chi connectivity index (χ1n) is 7.97. The number of carbonyl (C=O) groups excluding carboxylic acids is 1. The third-order valence-corrected chi connectivity index (χ3v) is 3.77. The molecule has 0 bridgehead atoms. The van der Waals surface area contributed by atoms with Gasteiger partial charge in [-0.2, -0.15) is 13.2 Å². The van der Waals surface area contributed by atoms with Crippen LogP contribution in [-0.2, 0) is 11.0 Å². The Morgan fingerprint density at radius 3 is 2.52 bits per heavy atom. The zero-order chi connectivity index (χ0) is 20.0. The molecule has 0 saturated heterocycles. The van der Waals surface area contributed by atoms with E-state index in [-0.39, 0.29) is 30.6 Å². The molecule has 0 aliphatic heterocycles. The molecular weight excluding hydrogens is 365 g/mol. The van der Waals surface area contributed by atoms with Gasteiger partial charge in [0.1, 0.15) is 5.69 Å². The van der Waals surface area contributed by atoms with Crippen LogP contribution in [0.5, 0.6) is 0 Å². The van der Waals surface area contributed by atoms with Crippen LogP contribution in [0.4, 0.5) is 24.5 Å². The van der Waals surface area contributed by atoms with E-state index in [1.165, 1.54) is 0 Å². The molecule has 2 aromatic rings. The van der Waals surface area contributed by atoms with Crippen molar-refractivity contribution < 1.29 is 22.9 Å². The van der Waals surface area contributed by atoms with Gasteiger partial charge >= 0.3 is 6.18 Å². The molecule has 1 atom stereocenters. The Morgan fingerprint density at radius 1 is 1.26 bits per heavy atom. The maximum Gasteiger partial charge on any atom is 0.416 e. The molecular formula is C17H17F3N4O3. The molecule has 1 amide bonds. The Kier molecular flexibility index (Phi) is 6.32. The molecule has 0 spiro atoms. The molecule has 10 heteroatoms. The van der Waals surface area contributed by atoms with Gasteiger partial charge in [0.05, 0.1) is 16.5 Å². The first-order valence-corrected chi connectivity index (χ1v) is 7.97. The zero-order valence-corrected chi connectivity index (χ0v) is 14.3. The average molecular weight is 382 g/mol. The van der Waals surface area contributed by atoms with Gasteiger partial charge in [-0.3, -0.25) is 19.9 Å². The lowest BCUT2D eigenvalue weighted by atomic mass is 10.1. The van der Waals surface area contributed by atoms with Crippen LogP contribution < -0.4 is 10.6 Å². The van der Waals surface area contributed by atoms with Crippen molar-refractivity contribution in [2.45, 2.75) is 25.6 Å². The molecule has 1 heterocycles. The Morgan fingerprint density at radius 2 is 1.93 bits per heavy atom. The molecule has 0 radical (unpaired) electrons. The van der Waals surface area contributed by atoms with Crippen molar-refractivity contribution in [2.75, 3.05) is 11.9 Å². The lowest BCUT2D eigenvalue weighted by molar-refractivity contribution is -0.384. The van der Waals surface area contributed by atoms with E-state index in [4.69, 9.17) is 0 Å². The molecule has 0 saturated carbocycles. The molecule has 144 valence electrons. The maximum absolute atomic E-state index is 12.7. The van der Waals surface area contributed by atoms with E-state index in [1.54, 1.807) is 31.5 Å². The third kappa shape index (κ3) is 5.66. The van der Waals surface area contributed by atoms with E-state index in [0.29, 0.717) is 6.07 Å². The minimum atomic E-state index is -4.67. The Labute approximate surface area is 152 Å². The number of amides is 1. The standard InChI is InChI=1S/C17H17F3N4O3/c1-11(12-4-7-21-8-5-12)23-16(25)6-9-22-14-3-2-13(17(18,19)20)10-15(14)24(26)27/h2-5,7-8,10-11,22H,6,9H2,1H3,(H,23,25). The van der Waals surface area contributed by atoms with Crippen LogP contribution >= 0.6 is 0 Å². The van der Waals surface area contributed by atoms with Crippen LogP contribution in [0.15, 0.2) is 42.7 Å². The second kappa shape index (κ2) is 8.47. The van der Waals surface area contributed by atoms with Gasteiger partial charge in [0, 0.05) is 31.4 Å². The summed E-state index contributed by atoms with van der Waals surface area (Å²) in [6.45, 7) is 1.82. The third-order valence-electron chi connectivity index (χ3n) is 3.77. The summed E-state index contributed by atoms with van der Waals surface area (Å²) in [5.41, 5.74) is -1.02. The highest BCUT2D eigenvalue weighted by atomic mass is 19.4. The molecule has 7 nitrogen and oxygen atoms in total. The van der Waals surface area contributed by atoms with E-state index >= 15 is 0 Å². The van der Waals surface area contributed by atoms with E-state index < -0.39 is 22.4 Å². The van der Waals surface area contributed by atoms with Gasteiger partial charge in [0.15, 0.2) is 0 Å². The van der Waals surface area contributed by atoms with E-state index in [0.717, 1.165) is 17.7 Å². The van der Waals surface area contributed by atoms with Crippen molar-refractivity contribution in [3.63, 3.8) is 0 Å². The van der Waals surface area contributed by atoms with Crippen molar-refractivity contribution in [1.29, 1.82) is 0 Å². The number of aromatic nitrogens is 1. The largest absolute Gasteiger partial charge is 0.416 e. The normalized spacial score (nSPS) is 12.3. The van der Waals surface area contributed by atoms with Gasteiger partial charge in [-0.1, -0.05) is 0 Å². The van der Waals surface area contributed by atoms with Crippen molar-refractivity contribution in [1.82, 2.24) is 10.3 Å². The zero-order valence-electron chi connectivity index (χ0n) is 14.3. The smallest absolute Gasteiger partial charge is 0.379 e. The van der Waals surface area contributed by atoms with Crippen molar-refractivity contribution in [2.24, 2.45) is 0 Å². The summed E-state index contributed by atoms with van der Waals surface area (Å²) in [4.78, 5) is 26.0. The quantitative estimate of drug-likeness (QED) is 0.562. The summed E-state index contributed by atoms with van der Waals surface area (Å²) in [5, 5.41) is 16.4. The molecule has 2 rings (SSSR count). The summed E-state index contributed by atoms with van der Waals surface area (Å²) in [7, 11) is 0. The topological polar surface area (TPSA) is 97.2 Å². The molecule has 1 aromatic heterocycles. The number of rotatable bonds is 7. The molecule has 1 unspecified atom stereocenters. The summed E-state index contributed by atoms with van der Waals surface area (Å²) in [6, 6.07) is 5.47. The number of nitro groups is 1. The van der Waals surface area contributed by atoms with Gasteiger partial charge < -0.3 is 10.6 Å². The number of nitro benzene ring substituents is 1. The molecule has 0 aliphatic carbocycles. The lowest BCUT2D eigenvalue weighted by Gasteiger charge is -2.14. The van der Waals surface area contributed by atoms with Gasteiger partial charge in [-0.15, -0.1) is 0 Å². The van der Waals surface area contributed by atoms with Crippen LogP contribution in [-0.4, -0.2) is 22.4 Å². The number of carbonyl (C=O) groups is 1. The highest BCUT2D eigenvalue weighted by Gasteiger charge is 2.33. The molecule has 27 heavy (non-hydrogen) atoms. The Hall–Kier alpha value is -3.17. The first kappa shape index (κ1) is 20.1. The fraction of sp³-hybridized carbons (Fsp3) is 0.294. The van der Waals surface area contributed by atoms with Gasteiger partial charge in [0.25, 0.3) is 5.69 Å². The highest BCUT2D eigenvalue weighted by molar-refractivity contribution is 5.77. The number of halogens is 3. The molecule has 2 N–H and O–H groups in total. The number of alkyl halides is 3. The van der Waals surface area contributed by atoms with Crippen molar-refractivity contribution in [3.8, 4) is 0 Å². The number of benzene rings is 1. The lowest BCUT2D eigenvalue weighted by Crippen LogP contribution is -2.28. The van der Waals surface area contributed by atoms with E-state index in [1.807, 2.05) is 0 Å². The van der Waals surface area contributed by atoms with Gasteiger partial charge in [-0.05, 0) is 36.8 Å². The van der Waals surface area contributed by atoms with Crippen molar-refractivity contribution >= 4 is 17.3 Å². The van der Waals surface area contributed by atoms with Crippen LogP contribution in [0.1, 0.15) is 30.5 Å². The number of hydrogen-bond acceptors (Lipinski definition) is 5. The maximum atomic E-state index is 12.7.